The number of aryl methyl sites for hydroxylation is 1. The lowest BCUT2D eigenvalue weighted by molar-refractivity contribution is 0.0852. The molecule has 2 aliphatic heterocycles. The van der Waals surface area contributed by atoms with Crippen LogP contribution in [0.25, 0.3) is 0 Å². The minimum absolute atomic E-state index is 0.414. The van der Waals surface area contributed by atoms with Crippen LogP contribution in [0.3, 0.4) is 0 Å². The Morgan fingerprint density at radius 2 is 2.10 bits per heavy atom. The van der Waals surface area contributed by atoms with Crippen LogP contribution in [0, 0.1) is 6.92 Å². The van der Waals surface area contributed by atoms with Gasteiger partial charge < -0.3 is 0 Å². The molecule has 0 bridgehead atoms. The second-order valence-electron chi connectivity index (χ2n) is 5.57. The number of piperazine rings is 1. The highest BCUT2D eigenvalue weighted by atomic mass is 79.9. The molecule has 0 saturated carbocycles. The number of thiophene rings is 1. The van der Waals surface area contributed by atoms with Crippen molar-refractivity contribution in [3.63, 3.8) is 0 Å². The van der Waals surface area contributed by atoms with Gasteiger partial charge in [0.15, 0.2) is 0 Å². The van der Waals surface area contributed by atoms with E-state index in [4.69, 9.17) is 0 Å². The lowest BCUT2D eigenvalue weighted by atomic mass is 10.0. The van der Waals surface area contributed by atoms with Crippen LogP contribution in [0.5, 0.6) is 0 Å². The van der Waals surface area contributed by atoms with Crippen molar-refractivity contribution in [1.29, 1.82) is 0 Å². The lowest BCUT2D eigenvalue weighted by Crippen LogP contribution is -2.55. The molecule has 0 N–H and O–H groups in total. The molecule has 2 aliphatic rings. The molecular formula is C13H19BrN2O2S2. The van der Waals surface area contributed by atoms with Crippen molar-refractivity contribution in [2.75, 3.05) is 26.2 Å². The monoisotopic (exact) mass is 378 g/mol. The van der Waals surface area contributed by atoms with Crippen LogP contribution in [0.15, 0.2) is 14.1 Å². The van der Waals surface area contributed by atoms with Crippen molar-refractivity contribution in [2.45, 2.75) is 36.4 Å². The quantitative estimate of drug-likeness (QED) is 0.793. The summed E-state index contributed by atoms with van der Waals surface area (Å²) in [6, 6.07) is 2.19. The first-order valence-corrected chi connectivity index (χ1v) is 10.0. The molecule has 3 rings (SSSR count). The van der Waals surface area contributed by atoms with E-state index in [0.29, 0.717) is 23.3 Å². The third-order valence-corrected chi connectivity index (χ3v) is 8.68. The smallest absolute Gasteiger partial charge is 0.252 e. The topological polar surface area (TPSA) is 40.6 Å². The van der Waals surface area contributed by atoms with Gasteiger partial charge in [-0.25, -0.2) is 8.42 Å². The standard InChI is InChI=1S/C13H19BrN2O2S2/c1-10-8-12(19-13(10)14)20(17,18)16-7-6-15-5-3-2-4-11(15)9-16/h8,11H,2-7,9H2,1H3. The molecule has 0 spiro atoms. The van der Waals surface area contributed by atoms with Gasteiger partial charge >= 0.3 is 0 Å². The average Bonchev–Trinajstić information content (AvgIpc) is 2.79. The molecule has 1 aromatic rings. The molecule has 1 unspecified atom stereocenters. The number of hydrogen-bond donors (Lipinski definition) is 0. The molecule has 1 aromatic heterocycles. The molecule has 1 atom stereocenters. The van der Waals surface area contributed by atoms with Crippen LogP contribution in [0.1, 0.15) is 24.8 Å². The number of sulfonamides is 1. The normalized spacial score (nSPS) is 25.6. The molecule has 0 aromatic carbocycles. The molecule has 7 heteroatoms. The molecule has 2 fully saturated rings. The highest BCUT2D eigenvalue weighted by molar-refractivity contribution is 9.11. The third kappa shape index (κ3) is 2.70. The van der Waals surface area contributed by atoms with Gasteiger partial charge in [-0.1, -0.05) is 6.42 Å². The molecule has 20 heavy (non-hydrogen) atoms. The van der Waals surface area contributed by atoms with E-state index in [1.807, 2.05) is 6.92 Å². The van der Waals surface area contributed by atoms with E-state index >= 15 is 0 Å². The van der Waals surface area contributed by atoms with Gasteiger partial charge in [0.25, 0.3) is 10.0 Å². The van der Waals surface area contributed by atoms with Crippen LogP contribution >= 0.6 is 27.3 Å². The van der Waals surface area contributed by atoms with E-state index < -0.39 is 10.0 Å². The summed E-state index contributed by atoms with van der Waals surface area (Å²) >= 11 is 4.73. The summed E-state index contributed by atoms with van der Waals surface area (Å²) in [5.41, 5.74) is 0.991. The van der Waals surface area contributed by atoms with E-state index in [2.05, 4.69) is 20.8 Å². The molecule has 112 valence electrons. The minimum Gasteiger partial charge on any atom is -0.298 e. The van der Waals surface area contributed by atoms with E-state index in [1.165, 1.54) is 24.2 Å². The van der Waals surface area contributed by atoms with Gasteiger partial charge in [0, 0.05) is 25.7 Å². The zero-order chi connectivity index (χ0) is 14.3. The van der Waals surface area contributed by atoms with Crippen molar-refractivity contribution in [1.82, 2.24) is 9.21 Å². The third-order valence-electron chi connectivity index (χ3n) is 4.23. The van der Waals surface area contributed by atoms with Crippen molar-refractivity contribution >= 4 is 37.3 Å². The number of piperidine rings is 1. The number of rotatable bonds is 2. The Bertz CT molecular complexity index is 580. The van der Waals surface area contributed by atoms with Crippen LogP contribution in [-0.2, 0) is 10.0 Å². The number of nitrogens with zero attached hydrogens (tertiary/aromatic N) is 2. The maximum atomic E-state index is 12.7. The predicted octanol–water partition coefficient (Wildman–Crippen LogP) is 2.68. The largest absolute Gasteiger partial charge is 0.298 e. The van der Waals surface area contributed by atoms with Gasteiger partial charge in [-0.3, -0.25) is 4.90 Å². The highest BCUT2D eigenvalue weighted by Gasteiger charge is 2.35. The fourth-order valence-electron chi connectivity index (χ4n) is 3.03. The molecule has 3 heterocycles. The SMILES string of the molecule is Cc1cc(S(=O)(=O)N2CCN3CCCCC3C2)sc1Br. The number of halogens is 1. The van der Waals surface area contributed by atoms with Crippen LogP contribution in [0.2, 0.25) is 0 Å². The van der Waals surface area contributed by atoms with Gasteiger partial charge in [-0.2, -0.15) is 4.31 Å². The van der Waals surface area contributed by atoms with Gasteiger partial charge in [0.1, 0.15) is 4.21 Å². The van der Waals surface area contributed by atoms with Gasteiger partial charge in [0.05, 0.1) is 3.79 Å². The Hall–Kier alpha value is 0.0500. The molecule has 0 amide bonds. The fourth-order valence-corrected chi connectivity index (χ4v) is 6.88. The Kier molecular flexibility index (Phi) is 4.25. The second-order valence-corrected chi connectivity index (χ2v) is 10.1. The number of hydrogen-bond acceptors (Lipinski definition) is 4. The van der Waals surface area contributed by atoms with Gasteiger partial charge in [0.2, 0.25) is 0 Å². The molecule has 4 nitrogen and oxygen atoms in total. The zero-order valence-electron chi connectivity index (χ0n) is 11.5. The maximum Gasteiger partial charge on any atom is 0.252 e. The summed E-state index contributed by atoms with van der Waals surface area (Å²) in [7, 11) is -3.32. The summed E-state index contributed by atoms with van der Waals surface area (Å²) in [5, 5.41) is 0. The molecule has 2 saturated heterocycles. The average molecular weight is 379 g/mol. The summed E-state index contributed by atoms with van der Waals surface area (Å²) in [6.07, 6.45) is 3.60. The van der Waals surface area contributed by atoms with E-state index in [9.17, 15) is 8.42 Å². The molecule has 0 radical (unpaired) electrons. The summed E-state index contributed by atoms with van der Waals surface area (Å²) < 4.78 is 28.5. The van der Waals surface area contributed by atoms with Crippen LogP contribution in [0.4, 0.5) is 0 Å². The first-order valence-electron chi connectivity index (χ1n) is 6.98. The number of fused-ring (bicyclic) bond motifs is 1. The van der Waals surface area contributed by atoms with Crippen LogP contribution < -0.4 is 0 Å². The maximum absolute atomic E-state index is 12.7. The minimum atomic E-state index is -3.32. The molecule has 0 aliphatic carbocycles. The van der Waals surface area contributed by atoms with Gasteiger partial charge in [-0.15, -0.1) is 11.3 Å². The van der Waals surface area contributed by atoms with E-state index in [1.54, 1.807) is 10.4 Å². The van der Waals surface area contributed by atoms with Crippen molar-refractivity contribution in [3.8, 4) is 0 Å². The highest BCUT2D eigenvalue weighted by Crippen LogP contribution is 2.33. The second kappa shape index (κ2) is 5.68. The van der Waals surface area contributed by atoms with E-state index in [-0.39, 0.29) is 0 Å². The summed E-state index contributed by atoms with van der Waals surface area (Å²) in [6.45, 7) is 5.20. The Balaban J connectivity index is 1.81. The summed E-state index contributed by atoms with van der Waals surface area (Å²) in [5.74, 6) is 0. The van der Waals surface area contributed by atoms with Crippen molar-refractivity contribution in [3.05, 3.63) is 15.4 Å². The van der Waals surface area contributed by atoms with Gasteiger partial charge in [-0.05, 0) is 53.9 Å². The lowest BCUT2D eigenvalue weighted by Gasteiger charge is -2.43. The van der Waals surface area contributed by atoms with Crippen molar-refractivity contribution < 1.29 is 8.42 Å². The predicted molar refractivity (Wildman–Crippen MR) is 84.7 cm³/mol. The fraction of sp³-hybridized carbons (Fsp3) is 0.692. The zero-order valence-corrected chi connectivity index (χ0v) is 14.7. The molecular weight excluding hydrogens is 360 g/mol. The summed E-state index contributed by atoms with van der Waals surface area (Å²) in [4.78, 5) is 2.45. The van der Waals surface area contributed by atoms with Crippen molar-refractivity contribution in [2.24, 2.45) is 0 Å². The Labute approximate surface area is 132 Å². The Morgan fingerprint density at radius 3 is 2.80 bits per heavy atom. The van der Waals surface area contributed by atoms with E-state index in [0.717, 1.165) is 28.9 Å². The first-order chi connectivity index (χ1) is 9.48. The Morgan fingerprint density at radius 1 is 1.30 bits per heavy atom. The first kappa shape index (κ1) is 15.0. The van der Waals surface area contributed by atoms with Crippen LogP contribution in [-0.4, -0.2) is 49.8 Å².